The normalized spacial score (nSPS) is 13.6. The zero-order chi connectivity index (χ0) is 16.6. The minimum absolute atomic E-state index is 0.177. The molecule has 120 valence electrons. The Kier molecular flexibility index (Phi) is 3.58. The zero-order valence-corrected chi connectivity index (χ0v) is 12.4. The molecule has 0 saturated carbocycles. The van der Waals surface area contributed by atoms with Crippen LogP contribution in [-0.2, 0) is 23.1 Å². The maximum Gasteiger partial charge on any atom is 0.269 e. The summed E-state index contributed by atoms with van der Waals surface area (Å²) in [5, 5.41) is 13.5. The number of nitro groups is 1. The average molecular weight is 337 g/mol. The summed E-state index contributed by atoms with van der Waals surface area (Å²) in [6.07, 6.45) is 0. The molecule has 2 heterocycles. The fourth-order valence-corrected chi connectivity index (χ4v) is 3.12. The molecule has 2 aromatic rings. The fourth-order valence-electron chi connectivity index (χ4n) is 2.16. The van der Waals surface area contributed by atoms with Gasteiger partial charge in [-0.25, -0.2) is 18.1 Å². The first-order valence-corrected chi connectivity index (χ1v) is 7.95. The van der Waals surface area contributed by atoms with Gasteiger partial charge in [-0.15, -0.1) is 0 Å². The lowest BCUT2D eigenvalue weighted by molar-refractivity contribution is -0.384. The first-order valence-electron chi connectivity index (χ1n) is 6.47. The average Bonchev–Trinajstić information content (AvgIpc) is 2.96. The highest BCUT2D eigenvalue weighted by atomic mass is 32.2. The molecule has 1 aliphatic heterocycles. The minimum Gasteiger partial charge on any atom is -0.307 e. The predicted molar refractivity (Wildman–Crippen MR) is 79.3 cm³/mol. The molecule has 11 heteroatoms. The van der Waals surface area contributed by atoms with Gasteiger partial charge in [-0.2, -0.15) is 0 Å². The van der Waals surface area contributed by atoms with Crippen LogP contribution in [0, 0.1) is 10.1 Å². The lowest BCUT2D eigenvalue weighted by Gasteiger charge is -2.08. The summed E-state index contributed by atoms with van der Waals surface area (Å²) in [6.45, 7) is 0.762. The van der Waals surface area contributed by atoms with Crippen LogP contribution < -0.4 is 15.6 Å². The Morgan fingerprint density at radius 3 is 2.57 bits per heavy atom. The minimum atomic E-state index is -4.02. The molecule has 0 aliphatic carbocycles. The van der Waals surface area contributed by atoms with Crippen LogP contribution in [-0.4, -0.2) is 23.3 Å². The molecule has 23 heavy (non-hydrogen) atoms. The second-order valence-electron chi connectivity index (χ2n) is 4.80. The highest BCUT2D eigenvalue weighted by Crippen LogP contribution is 2.18. The van der Waals surface area contributed by atoms with Gasteiger partial charge in [-0.1, -0.05) is 0 Å². The molecular weight excluding hydrogens is 326 g/mol. The molecule has 0 unspecified atom stereocenters. The summed E-state index contributed by atoms with van der Waals surface area (Å²) >= 11 is 0. The highest BCUT2D eigenvalue weighted by molar-refractivity contribution is 7.92. The van der Waals surface area contributed by atoms with Crippen LogP contribution in [0.4, 0.5) is 11.6 Å². The molecule has 0 fully saturated rings. The van der Waals surface area contributed by atoms with Gasteiger partial charge in [0, 0.05) is 25.2 Å². The standard InChI is InChI=1S/C12H11N5O5S/c18-11-9-5-13-6-10(9)14-12(15-11)16-23(21,22)8-3-1-7(2-4-8)17(19)20/h1-4,13H,5-6H2,(H2,14,15,16,18). The number of nitro benzene ring substituents is 1. The lowest BCUT2D eigenvalue weighted by atomic mass is 10.3. The van der Waals surface area contributed by atoms with Crippen molar-refractivity contribution in [1.82, 2.24) is 15.3 Å². The van der Waals surface area contributed by atoms with E-state index in [-0.39, 0.29) is 16.5 Å². The van der Waals surface area contributed by atoms with Gasteiger partial charge in [0.2, 0.25) is 5.95 Å². The van der Waals surface area contributed by atoms with Crippen LogP contribution in [0.2, 0.25) is 0 Å². The van der Waals surface area contributed by atoms with E-state index in [4.69, 9.17) is 0 Å². The molecule has 0 atom stereocenters. The summed E-state index contributed by atoms with van der Waals surface area (Å²) in [5.41, 5.74) is 0.318. The molecule has 1 aliphatic rings. The van der Waals surface area contributed by atoms with Crippen molar-refractivity contribution in [2.75, 3.05) is 4.72 Å². The summed E-state index contributed by atoms with van der Waals surface area (Å²) in [5.74, 6) is -0.198. The number of benzene rings is 1. The van der Waals surface area contributed by atoms with E-state index < -0.39 is 20.5 Å². The summed E-state index contributed by atoms with van der Waals surface area (Å²) in [4.78, 5) is 28.0. The Labute approximate surface area is 129 Å². The summed E-state index contributed by atoms with van der Waals surface area (Å²) < 4.78 is 26.6. The number of non-ortho nitro benzene ring substituents is 1. The SMILES string of the molecule is O=c1[nH]c(NS(=O)(=O)c2ccc([N+](=O)[O-])cc2)nc2c1CNC2. The third-order valence-electron chi connectivity index (χ3n) is 3.28. The first kappa shape index (κ1) is 15.1. The van der Waals surface area contributed by atoms with Crippen molar-refractivity contribution >= 4 is 21.7 Å². The quantitative estimate of drug-likeness (QED) is 0.528. The number of fused-ring (bicyclic) bond motifs is 1. The molecule has 0 radical (unpaired) electrons. The number of nitrogens with one attached hydrogen (secondary N) is 3. The second kappa shape index (κ2) is 5.44. The van der Waals surface area contributed by atoms with Crippen molar-refractivity contribution < 1.29 is 13.3 Å². The van der Waals surface area contributed by atoms with Gasteiger partial charge in [0.1, 0.15) is 0 Å². The molecule has 0 spiro atoms. The number of sulfonamides is 1. The second-order valence-corrected chi connectivity index (χ2v) is 6.48. The van der Waals surface area contributed by atoms with Gasteiger partial charge in [0.25, 0.3) is 21.3 Å². The number of anilines is 1. The number of hydrogen-bond donors (Lipinski definition) is 3. The van der Waals surface area contributed by atoms with Gasteiger partial charge < -0.3 is 5.32 Å². The van der Waals surface area contributed by atoms with Crippen LogP contribution in [0.25, 0.3) is 0 Å². The highest BCUT2D eigenvalue weighted by Gasteiger charge is 2.20. The van der Waals surface area contributed by atoms with E-state index in [0.29, 0.717) is 24.3 Å². The van der Waals surface area contributed by atoms with E-state index in [1.165, 1.54) is 0 Å². The van der Waals surface area contributed by atoms with Crippen LogP contribution in [0.1, 0.15) is 11.3 Å². The number of aromatic amines is 1. The topological polar surface area (TPSA) is 147 Å². The van der Waals surface area contributed by atoms with Gasteiger partial charge in [0.15, 0.2) is 0 Å². The van der Waals surface area contributed by atoms with E-state index in [2.05, 4.69) is 20.0 Å². The number of hydrogen-bond acceptors (Lipinski definition) is 7. The molecule has 1 aromatic heterocycles. The number of nitrogens with zero attached hydrogens (tertiary/aromatic N) is 2. The number of aromatic nitrogens is 2. The maximum atomic E-state index is 12.2. The molecule has 1 aromatic carbocycles. The van der Waals surface area contributed by atoms with Crippen molar-refractivity contribution in [3.63, 3.8) is 0 Å². The largest absolute Gasteiger partial charge is 0.307 e. The van der Waals surface area contributed by atoms with Crippen molar-refractivity contribution in [2.24, 2.45) is 0 Å². The molecule has 0 saturated heterocycles. The Morgan fingerprint density at radius 2 is 1.91 bits per heavy atom. The van der Waals surface area contributed by atoms with Crippen molar-refractivity contribution in [3.8, 4) is 0 Å². The Bertz CT molecular complexity index is 935. The zero-order valence-electron chi connectivity index (χ0n) is 11.6. The van der Waals surface area contributed by atoms with Gasteiger partial charge in [0.05, 0.1) is 21.1 Å². The van der Waals surface area contributed by atoms with Crippen LogP contribution in [0.15, 0.2) is 34.0 Å². The van der Waals surface area contributed by atoms with E-state index >= 15 is 0 Å². The van der Waals surface area contributed by atoms with Crippen molar-refractivity contribution in [3.05, 3.63) is 56.0 Å². The molecule has 0 bridgehead atoms. The molecule has 3 rings (SSSR count). The van der Waals surface area contributed by atoms with E-state index in [1.807, 2.05) is 0 Å². The third kappa shape index (κ3) is 2.91. The van der Waals surface area contributed by atoms with Crippen LogP contribution >= 0.6 is 0 Å². The fraction of sp³-hybridized carbons (Fsp3) is 0.167. The summed E-state index contributed by atoms with van der Waals surface area (Å²) in [7, 11) is -4.02. The Hall–Kier alpha value is -2.79. The monoisotopic (exact) mass is 337 g/mol. The molecule has 0 amide bonds. The van der Waals surface area contributed by atoms with Crippen LogP contribution in [0.3, 0.4) is 0 Å². The smallest absolute Gasteiger partial charge is 0.269 e. The predicted octanol–water partition coefficient (Wildman–Crippen LogP) is 0.0821. The molecule has 10 nitrogen and oxygen atoms in total. The maximum absolute atomic E-state index is 12.2. The Morgan fingerprint density at radius 1 is 1.22 bits per heavy atom. The van der Waals surface area contributed by atoms with Gasteiger partial charge in [-0.05, 0) is 12.1 Å². The Balaban J connectivity index is 1.91. The van der Waals surface area contributed by atoms with Crippen molar-refractivity contribution in [2.45, 2.75) is 18.0 Å². The van der Waals surface area contributed by atoms with Crippen molar-refractivity contribution in [1.29, 1.82) is 0 Å². The number of rotatable bonds is 4. The number of H-pyrrole nitrogens is 1. The van der Waals surface area contributed by atoms with E-state index in [0.717, 1.165) is 24.3 Å². The van der Waals surface area contributed by atoms with E-state index in [1.54, 1.807) is 0 Å². The lowest BCUT2D eigenvalue weighted by Crippen LogP contribution is -2.21. The van der Waals surface area contributed by atoms with E-state index in [9.17, 15) is 23.3 Å². The van der Waals surface area contributed by atoms with Crippen LogP contribution in [0.5, 0.6) is 0 Å². The first-order chi connectivity index (χ1) is 10.9. The summed E-state index contributed by atoms with van der Waals surface area (Å²) in [6, 6.07) is 4.37. The third-order valence-corrected chi connectivity index (χ3v) is 4.64. The van der Waals surface area contributed by atoms with Gasteiger partial charge in [-0.3, -0.25) is 19.9 Å². The van der Waals surface area contributed by atoms with Gasteiger partial charge >= 0.3 is 0 Å². The molecular formula is C12H11N5O5S. The molecule has 3 N–H and O–H groups in total.